The van der Waals surface area contributed by atoms with E-state index in [-0.39, 0.29) is 11.7 Å². The van der Waals surface area contributed by atoms with Crippen LogP contribution in [0.5, 0.6) is 0 Å². The minimum Gasteiger partial charge on any atom is -0.329 e. The van der Waals surface area contributed by atoms with Gasteiger partial charge in [0.2, 0.25) is 5.91 Å². The number of hydrogen-bond acceptors (Lipinski definition) is 2. The molecular weight excluding hydrogens is 166 g/mol. The molecule has 3 nitrogen and oxygen atoms in total. The highest BCUT2D eigenvalue weighted by molar-refractivity contribution is 5.99. The van der Waals surface area contributed by atoms with Crippen molar-refractivity contribution in [1.29, 1.82) is 0 Å². The largest absolute Gasteiger partial charge is 0.329 e. The van der Waals surface area contributed by atoms with Gasteiger partial charge in [-0.2, -0.15) is 0 Å². The fourth-order valence-electron chi connectivity index (χ4n) is 2.04. The maximum atomic E-state index is 11.5. The zero-order valence-corrected chi connectivity index (χ0v) is 7.72. The number of Topliss-reactive ketones (excluding diaryl/α,β-unsaturated/α-hetero) is 1. The van der Waals surface area contributed by atoms with Crippen molar-refractivity contribution in [1.82, 2.24) is 5.32 Å². The summed E-state index contributed by atoms with van der Waals surface area (Å²) in [6.45, 7) is 2.04. The van der Waals surface area contributed by atoms with Gasteiger partial charge in [-0.05, 0) is 18.8 Å². The van der Waals surface area contributed by atoms with Gasteiger partial charge in [0, 0.05) is 24.1 Å². The molecule has 0 fully saturated rings. The van der Waals surface area contributed by atoms with Gasteiger partial charge in [0.1, 0.15) is 0 Å². The maximum Gasteiger partial charge on any atom is 0.224 e. The summed E-state index contributed by atoms with van der Waals surface area (Å²) in [5.41, 5.74) is 1.76. The Hall–Kier alpha value is -1.12. The molecule has 0 unspecified atom stereocenters. The molecule has 0 spiro atoms. The van der Waals surface area contributed by atoms with Crippen LogP contribution in [0.15, 0.2) is 11.3 Å². The van der Waals surface area contributed by atoms with Gasteiger partial charge in [-0.1, -0.05) is 6.92 Å². The van der Waals surface area contributed by atoms with E-state index in [1.165, 1.54) is 0 Å². The highest BCUT2D eigenvalue weighted by atomic mass is 16.2. The van der Waals surface area contributed by atoms with Gasteiger partial charge in [-0.15, -0.1) is 0 Å². The highest BCUT2D eigenvalue weighted by Crippen LogP contribution is 2.29. The van der Waals surface area contributed by atoms with E-state index in [1.54, 1.807) is 0 Å². The lowest BCUT2D eigenvalue weighted by molar-refractivity contribution is -0.121. The zero-order chi connectivity index (χ0) is 9.42. The first-order valence-corrected chi connectivity index (χ1v) is 4.72. The van der Waals surface area contributed by atoms with Gasteiger partial charge in [-0.3, -0.25) is 9.59 Å². The molecule has 13 heavy (non-hydrogen) atoms. The maximum absolute atomic E-state index is 11.5. The van der Waals surface area contributed by atoms with Gasteiger partial charge in [-0.25, -0.2) is 0 Å². The van der Waals surface area contributed by atoms with Crippen LogP contribution in [0.1, 0.15) is 32.6 Å². The van der Waals surface area contributed by atoms with E-state index in [0.717, 1.165) is 17.7 Å². The van der Waals surface area contributed by atoms with E-state index in [0.29, 0.717) is 25.2 Å². The molecule has 0 bridgehead atoms. The smallest absolute Gasteiger partial charge is 0.224 e. The Balaban J connectivity index is 2.29. The van der Waals surface area contributed by atoms with Crippen LogP contribution in [-0.2, 0) is 9.59 Å². The third-order valence-electron chi connectivity index (χ3n) is 2.68. The Kier molecular flexibility index (Phi) is 1.94. The monoisotopic (exact) mass is 179 g/mol. The van der Waals surface area contributed by atoms with Crippen LogP contribution in [0.2, 0.25) is 0 Å². The van der Waals surface area contributed by atoms with Crippen LogP contribution in [-0.4, -0.2) is 11.7 Å². The fraction of sp³-hybridized carbons (Fsp3) is 0.600. The van der Waals surface area contributed by atoms with E-state index >= 15 is 0 Å². The molecule has 0 aromatic rings. The predicted molar refractivity (Wildman–Crippen MR) is 47.8 cm³/mol. The third kappa shape index (κ3) is 1.50. The molecule has 0 saturated heterocycles. The molecule has 70 valence electrons. The number of ketones is 1. The second-order valence-electron chi connectivity index (χ2n) is 3.94. The SMILES string of the molecule is C[C@@H]1CC(=O)C2=C(C1)NC(=O)CC2. The molecule has 1 aliphatic carbocycles. The minimum atomic E-state index is 0.0562. The second kappa shape index (κ2) is 2.98. The molecule has 0 saturated carbocycles. The van der Waals surface area contributed by atoms with Crippen molar-refractivity contribution in [2.24, 2.45) is 5.92 Å². The molecule has 0 radical (unpaired) electrons. The second-order valence-corrected chi connectivity index (χ2v) is 3.94. The molecular formula is C10H13NO2. The van der Waals surface area contributed by atoms with E-state index < -0.39 is 0 Å². The average Bonchev–Trinajstić information content (AvgIpc) is 2.02. The number of rotatable bonds is 0. The number of nitrogens with one attached hydrogen (secondary N) is 1. The molecule has 1 aliphatic heterocycles. The Labute approximate surface area is 77.2 Å². The van der Waals surface area contributed by atoms with Gasteiger partial charge in [0.25, 0.3) is 0 Å². The summed E-state index contributed by atoms with van der Waals surface area (Å²) >= 11 is 0. The molecule has 1 N–H and O–H groups in total. The van der Waals surface area contributed by atoms with Crippen molar-refractivity contribution in [2.75, 3.05) is 0 Å². The fourth-order valence-corrected chi connectivity index (χ4v) is 2.04. The minimum absolute atomic E-state index is 0.0562. The predicted octanol–water partition coefficient (Wildman–Crippen LogP) is 1.15. The first-order chi connectivity index (χ1) is 6.16. The summed E-state index contributed by atoms with van der Waals surface area (Å²) in [7, 11) is 0. The van der Waals surface area contributed by atoms with Crippen LogP contribution in [0, 0.1) is 5.92 Å². The summed E-state index contributed by atoms with van der Waals surface area (Å²) in [5, 5.41) is 2.80. The van der Waals surface area contributed by atoms with E-state index in [1.807, 2.05) is 6.92 Å². The highest BCUT2D eigenvalue weighted by Gasteiger charge is 2.28. The van der Waals surface area contributed by atoms with Crippen molar-refractivity contribution in [3.05, 3.63) is 11.3 Å². The Bertz CT molecular complexity index is 304. The van der Waals surface area contributed by atoms with Crippen LogP contribution in [0.4, 0.5) is 0 Å². The summed E-state index contributed by atoms with van der Waals surface area (Å²) in [5.74, 6) is 0.666. The number of amides is 1. The molecule has 3 heteroatoms. The molecule has 0 aromatic carbocycles. The Morgan fingerprint density at radius 3 is 2.77 bits per heavy atom. The molecule has 0 aromatic heterocycles. The lowest BCUT2D eigenvalue weighted by Crippen LogP contribution is -2.34. The Morgan fingerprint density at radius 1 is 1.23 bits per heavy atom. The molecule has 1 amide bonds. The summed E-state index contributed by atoms with van der Waals surface area (Å²) in [6.07, 6.45) is 2.62. The van der Waals surface area contributed by atoms with Crippen LogP contribution < -0.4 is 5.32 Å². The normalized spacial score (nSPS) is 28.5. The van der Waals surface area contributed by atoms with Gasteiger partial charge in [0.15, 0.2) is 5.78 Å². The van der Waals surface area contributed by atoms with Crippen LogP contribution >= 0.6 is 0 Å². The summed E-state index contributed by atoms with van der Waals surface area (Å²) in [4.78, 5) is 22.6. The molecule has 2 rings (SSSR count). The average molecular weight is 179 g/mol. The van der Waals surface area contributed by atoms with Gasteiger partial charge >= 0.3 is 0 Å². The zero-order valence-electron chi connectivity index (χ0n) is 7.72. The van der Waals surface area contributed by atoms with Crippen molar-refractivity contribution >= 4 is 11.7 Å². The summed E-state index contributed by atoms with van der Waals surface area (Å²) in [6, 6.07) is 0. The van der Waals surface area contributed by atoms with Crippen molar-refractivity contribution in [2.45, 2.75) is 32.6 Å². The third-order valence-corrected chi connectivity index (χ3v) is 2.68. The van der Waals surface area contributed by atoms with Gasteiger partial charge in [0.05, 0.1) is 0 Å². The van der Waals surface area contributed by atoms with Gasteiger partial charge < -0.3 is 5.32 Å². The standard InChI is InChI=1S/C10H13NO2/c1-6-4-8-7(9(12)5-6)2-3-10(13)11-8/h6H,2-5H2,1H3,(H,11,13)/t6-/m0/s1. The van der Waals surface area contributed by atoms with Crippen LogP contribution in [0.3, 0.4) is 0 Å². The molecule has 1 heterocycles. The van der Waals surface area contributed by atoms with E-state index in [2.05, 4.69) is 5.32 Å². The quantitative estimate of drug-likeness (QED) is 0.606. The number of carbonyl (C=O) groups is 2. The van der Waals surface area contributed by atoms with Crippen LogP contribution in [0.25, 0.3) is 0 Å². The van der Waals surface area contributed by atoms with Crippen molar-refractivity contribution in [3.63, 3.8) is 0 Å². The summed E-state index contributed by atoms with van der Waals surface area (Å²) < 4.78 is 0. The number of carbonyl (C=O) groups excluding carboxylic acids is 2. The van der Waals surface area contributed by atoms with Crippen molar-refractivity contribution < 1.29 is 9.59 Å². The van der Waals surface area contributed by atoms with Crippen molar-refractivity contribution in [3.8, 4) is 0 Å². The first kappa shape index (κ1) is 8.48. The number of allylic oxidation sites excluding steroid dienone is 2. The first-order valence-electron chi connectivity index (χ1n) is 4.72. The molecule has 1 atom stereocenters. The van der Waals surface area contributed by atoms with E-state index in [9.17, 15) is 9.59 Å². The topological polar surface area (TPSA) is 46.2 Å². The Morgan fingerprint density at radius 2 is 2.00 bits per heavy atom. The lowest BCUT2D eigenvalue weighted by atomic mass is 9.84. The number of hydrogen-bond donors (Lipinski definition) is 1. The van der Waals surface area contributed by atoms with E-state index in [4.69, 9.17) is 0 Å². The lowest BCUT2D eigenvalue weighted by Gasteiger charge is -2.27. The molecule has 2 aliphatic rings.